The predicted octanol–water partition coefficient (Wildman–Crippen LogP) is 2.42. The van der Waals surface area contributed by atoms with E-state index in [9.17, 15) is 4.79 Å². The van der Waals surface area contributed by atoms with Crippen LogP contribution >= 0.6 is 0 Å². The summed E-state index contributed by atoms with van der Waals surface area (Å²) < 4.78 is 0. The first-order valence-corrected chi connectivity index (χ1v) is 6.48. The van der Waals surface area contributed by atoms with Crippen LogP contribution in [0.3, 0.4) is 0 Å². The smallest absolute Gasteiger partial charge is 0.234 e. The van der Waals surface area contributed by atoms with Gasteiger partial charge in [-0.05, 0) is 45.1 Å². The molecule has 3 nitrogen and oxygen atoms in total. The molecule has 0 heterocycles. The Bertz CT molecular complexity index is 364. The lowest BCUT2D eigenvalue weighted by Crippen LogP contribution is -2.43. The molecule has 18 heavy (non-hydrogen) atoms. The molecule has 0 spiro atoms. The fourth-order valence-electron chi connectivity index (χ4n) is 1.61. The van der Waals surface area contributed by atoms with Gasteiger partial charge in [-0.15, -0.1) is 0 Å². The van der Waals surface area contributed by atoms with E-state index >= 15 is 0 Å². The topological polar surface area (TPSA) is 55.1 Å². The van der Waals surface area contributed by atoms with E-state index in [1.807, 2.05) is 20.8 Å². The largest absolute Gasteiger partial charge is 0.350 e. The average Bonchev–Trinajstić information content (AvgIpc) is 3.12. The van der Waals surface area contributed by atoms with Gasteiger partial charge in [0.1, 0.15) is 0 Å². The molecule has 100 valence electrons. The van der Waals surface area contributed by atoms with E-state index in [0.717, 1.165) is 5.92 Å². The zero-order valence-corrected chi connectivity index (χ0v) is 11.6. The number of hydrogen-bond acceptors (Lipinski definition) is 2. The van der Waals surface area contributed by atoms with Gasteiger partial charge >= 0.3 is 0 Å². The lowest BCUT2D eigenvalue weighted by Gasteiger charge is -2.19. The first kappa shape index (κ1) is 14.7. The Morgan fingerprint density at radius 3 is 2.17 bits per heavy atom. The molecular formula is C15H24N2O. The number of carbonyl (C=O) groups is 1. The van der Waals surface area contributed by atoms with Crippen molar-refractivity contribution in [3.05, 3.63) is 35.9 Å². The molecule has 1 fully saturated rings. The van der Waals surface area contributed by atoms with Crippen LogP contribution in [0.25, 0.3) is 0 Å². The van der Waals surface area contributed by atoms with Gasteiger partial charge in [-0.25, -0.2) is 0 Å². The van der Waals surface area contributed by atoms with Crippen LogP contribution in [0.2, 0.25) is 0 Å². The molecule has 1 saturated carbocycles. The molecule has 1 aliphatic carbocycles. The Kier molecular flexibility index (Phi) is 5.35. The van der Waals surface area contributed by atoms with Crippen LogP contribution in [-0.2, 0) is 4.79 Å². The van der Waals surface area contributed by atoms with Gasteiger partial charge in [0.2, 0.25) is 5.91 Å². The maximum Gasteiger partial charge on any atom is 0.234 e. The lowest BCUT2D eigenvalue weighted by atomic mass is 10.1. The quantitative estimate of drug-likeness (QED) is 0.844. The van der Waals surface area contributed by atoms with Gasteiger partial charge in [0.25, 0.3) is 0 Å². The van der Waals surface area contributed by atoms with Crippen molar-refractivity contribution in [3.63, 3.8) is 0 Å². The second kappa shape index (κ2) is 6.55. The van der Waals surface area contributed by atoms with Gasteiger partial charge in [0, 0.05) is 5.54 Å². The summed E-state index contributed by atoms with van der Waals surface area (Å²) in [4.78, 5) is 10.6. The number of nitrogens with two attached hydrogens (primary N) is 1. The highest BCUT2D eigenvalue weighted by Crippen LogP contribution is 2.39. The zero-order valence-electron chi connectivity index (χ0n) is 11.6. The highest BCUT2D eigenvalue weighted by molar-refractivity contribution is 5.78. The van der Waals surface area contributed by atoms with Crippen molar-refractivity contribution >= 4 is 5.91 Å². The zero-order chi connectivity index (χ0) is 13.6. The summed E-state index contributed by atoms with van der Waals surface area (Å²) in [5, 5.41) is 2.70. The second-order valence-electron chi connectivity index (χ2n) is 5.69. The van der Waals surface area contributed by atoms with E-state index in [1.165, 1.54) is 18.4 Å². The first-order valence-electron chi connectivity index (χ1n) is 6.48. The molecule has 2 rings (SSSR count). The van der Waals surface area contributed by atoms with Crippen LogP contribution in [0.1, 0.15) is 45.1 Å². The van der Waals surface area contributed by atoms with E-state index < -0.39 is 0 Å². The molecule has 0 bridgehead atoms. The Morgan fingerprint density at radius 1 is 1.28 bits per heavy atom. The van der Waals surface area contributed by atoms with Crippen LogP contribution in [0.5, 0.6) is 0 Å². The minimum Gasteiger partial charge on any atom is -0.350 e. The van der Waals surface area contributed by atoms with E-state index in [1.54, 1.807) is 0 Å². The molecule has 0 unspecified atom stereocenters. The van der Waals surface area contributed by atoms with Crippen LogP contribution in [-0.4, -0.2) is 18.0 Å². The maximum atomic E-state index is 10.6. The van der Waals surface area contributed by atoms with Crippen molar-refractivity contribution < 1.29 is 4.79 Å². The van der Waals surface area contributed by atoms with Crippen LogP contribution in [0.4, 0.5) is 0 Å². The lowest BCUT2D eigenvalue weighted by molar-refractivity contribution is -0.121. The molecule has 0 atom stereocenters. The minimum absolute atomic E-state index is 0.0667. The fraction of sp³-hybridized carbons (Fsp3) is 0.533. The molecule has 0 aliphatic heterocycles. The third-order valence-corrected chi connectivity index (χ3v) is 2.55. The van der Waals surface area contributed by atoms with Gasteiger partial charge < -0.3 is 11.1 Å². The number of benzene rings is 1. The van der Waals surface area contributed by atoms with Crippen LogP contribution in [0.15, 0.2) is 30.3 Å². The average molecular weight is 248 g/mol. The van der Waals surface area contributed by atoms with E-state index in [2.05, 4.69) is 35.6 Å². The molecule has 0 radical (unpaired) electrons. The molecule has 3 heteroatoms. The molecule has 1 aliphatic rings. The summed E-state index contributed by atoms with van der Waals surface area (Å²) in [6.07, 6.45) is 2.81. The van der Waals surface area contributed by atoms with Crippen LogP contribution in [0, 0.1) is 0 Å². The third kappa shape index (κ3) is 6.40. The van der Waals surface area contributed by atoms with Gasteiger partial charge in [-0.2, -0.15) is 0 Å². The van der Waals surface area contributed by atoms with Crippen molar-refractivity contribution in [2.45, 2.75) is 45.1 Å². The Hall–Kier alpha value is -1.35. The predicted molar refractivity (Wildman–Crippen MR) is 75.4 cm³/mol. The maximum absolute atomic E-state index is 10.6. The fourth-order valence-corrected chi connectivity index (χ4v) is 1.61. The Balaban J connectivity index is 0.000000180. The number of carbonyl (C=O) groups excluding carboxylic acids is 1. The van der Waals surface area contributed by atoms with E-state index in [0.29, 0.717) is 0 Å². The van der Waals surface area contributed by atoms with Crippen molar-refractivity contribution in [1.82, 2.24) is 5.32 Å². The normalized spacial score (nSPS) is 14.4. The summed E-state index contributed by atoms with van der Waals surface area (Å²) in [5.41, 5.74) is 6.44. The van der Waals surface area contributed by atoms with Gasteiger partial charge in [-0.1, -0.05) is 30.3 Å². The number of hydrogen-bond donors (Lipinski definition) is 2. The van der Waals surface area contributed by atoms with E-state index in [4.69, 9.17) is 5.73 Å². The minimum atomic E-state index is -0.156. The molecule has 1 amide bonds. The molecule has 1 aromatic rings. The van der Waals surface area contributed by atoms with Gasteiger partial charge in [-0.3, -0.25) is 4.79 Å². The molecule has 0 saturated heterocycles. The summed E-state index contributed by atoms with van der Waals surface area (Å²) in [7, 11) is 0. The number of amides is 1. The van der Waals surface area contributed by atoms with Crippen LogP contribution < -0.4 is 11.1 Å². The molecular weight excluding hydrogens is 224 g/mol. The number of rotatable bonds is 2. The summed E-state index contributed by atoms with van der Waals surface area (Å²) >= 11 is 0. The molecule has 3 N–H and O–H groups in total. The molecule has 1 aromatic carbocycles. The Morgan fingerprint density at radius 2 is 1.83 bits per heavy atom. The first-order chi connectivity index (χ1) is 8.42. The highest BCUT2D eigenvalue weighted by atomic mass is 16.1. The summed E-state index contributed by atoms with van der Waals surface area (Å²) in [5.74, 6) is 0.800. The third-order valence-electron chi connectivity index (χ3n) is 2.55. The van der Waals surface area contributed by atoms with Crippen molar-refractivity contribution in [2.24, 2.45) is 5.73 Å². The van der Waals surface area contributed by atoms with Gasteiger partial charge in [0.05, 0.1) is 6.54 Å². The van der Waals surface area contributed by atoms with Crippen molar-refractivity contribution in [2.75, 3.05) is 6.54 Å². The highest BCUT2D eigenvalue weighted by Gasteiger charge is 2.22. The van der Waals surface area contributed by atoms with Crippen molar-refractivity contribution in [3.8, 4) is 0 Å². The molecule has 0 aromatic heterocycles. The summed E-state index contributed by atoms with van der Waals surface area (Å²) in [6.45, 7) is 5.82. The van der Waals surface area contributed by atoms with E-state index in [-0.39, 0.29) is 18.0 Å². The SMILES string of the molecule is CC(C)(C)NC(=O)CN.c1ccc(C2CC2)cc1. The van der Waals surface area contributed by atoms with Gasteiger partial charge in [0.15, 0.2) is 0 Å². The number of nitrogens with one attached hydrogen (secondary N) is 1. The summed E-state index contributed by atoms with van der Waals surface area (Å²) in [6, 6.07) is 10.8. The van der Waals surface area contributed by atoms with Crippen molar-refractivity contribution in [1.29, 1.82) is 0 Å². The standard InChI is InChI=1S/C9H10.C6H14N2O/c1-2-4-8(5-3-1)9-6-7-9;1-6(2,3)8-5(9)4-7/h1-5,9H,6-7H2;4,7H2,1-3H3,(H,8,9). The monoisotopic (exact) mass is 248 g/mol. The Labute approximate surface area is 110 Å². The second-order valence-corrected chi connectivity index (χ2v) is 5.69.